The Balaban J connectivity index is 1.47. The molecule has 0 saturated carbocycles. The number of rotatable bonds is 4. The summed E-state index contributed by atoms with van der Waals surface area (Å²) in [5.41, 5.74) is 3.84. The largest absolute Gasteiger partial charge is 0.379 e. The Morgan fingerprint density at radius 1 is 1.15 bits per heavy atom. The van der Waals surface area contributed by atoms with Gasteiger partial charge in [-0.25, -0.2) is 4.39 Å². The quantitative estimate of drug-likeness (QED) is 0.777. The molecule has 1 fully saturated rings. The molecule has 3 heterocycles. The summed E-state index contributed by atoms with van der Waals surface area (Å²) in [6.45, 7) is 6.13. The average Bonchev–Trinajstić information content (AvgIpc) is 3.12. The molecule has 0 aliphatic carbocycles. The molecule has 0 bridgehead atoms. The van der Waals surface area contributed by atoms with Crippen molar-refractivity contribution in [3.8, 4) is 0 Å². The first-order chi connectivity index (χ1) is 12.6. The first kappa shape index (κ1) is 16.8. The normalized spacial score (nSPS) is 15.8. The third kappa shape index (κ3) is 3.34. The van der Waals surface area contributed by atoms with Crippen molar-refractivity contribution in [1.82, 2.24) is 19.8 Å². The highest BCUT2D eigenvalue weighted by Gasteiger charge is 2.21. The summed E-state index contributed by atoms with van der Waals surface area (Å²) < 4.78 is 14.8. The molecule has 0 amide bonds. The van der Waals surface area contributed by atoms with Crippen LogP contribution in [-0.2, 0) is 0 Å². The third-order valence-electron chi connectivity index (χ3n) is 4.92. The average molecular weight is 354 g/mol. The summed E-state index contributed by atoms with van der Waals surface area (Å²) in [5.74, 6) is 0.143. The topological polar surface area (TPSA) is 58.3 Å². The van der Waals surface area contributed by atoms with E-state index in [4.69, 9.17) is 0 Å². The fourth-order valence-electron chi connectivity index (χ4n) is 3.39. The number of piperidine rings is 1. The van der Waals surface area contributed by atoms with Crippen LogP contribution in [0.3, 0.4) is 0 Å². The predicted octanol–water partition coefficient (Wildman–Crippen LogP) is 3.47. The van der Waals surface area contributed by atoms with E-state index < -0.39 is 0 Å². The Morgan fingerprint density at radius 2 is 1.88 bits per heavy atom. The van der Waals surface area contributed by atoms with Crippen LogP contribution in [0.4, 0.5) is 15.8 Å². The molecule has 1 aliphatic heterocycles. The second kappa shape index (κ2) is 6.90. The molecule has 0 radical (unpaired) electrons. The summed E-state index contributed by atoms with van der Waals surface area (Å²) in [5, 5.41) is 16.4. The lowest BCUT2D eigenvalue weighted by atomic mass is 10.0. The van der Waals surface area contributed by atoms with Gasteiger partial charge < -0.3 is 10.2 Å². The molecule has 3 aromatic rings. The van der Waals surface area contributed by atoms with Crippen molar-refractivity contribution < 1.29 is 4.39 Å². The molecule has 7 heteroatoms. The van der Waals surface area contributed by atoms with Crippen molar-refractivity contribution in [2.45, 2.75) is 38.6 Å². The van der Waals surface area contributed by atoms with Gasteiger partial charge in [0.15, 0.2) is 0 Å². The minimum Gasteiger partial charge on any atom is -0.379 e. The van der Waals surface area contributed by atoms with Crippen LogP contribution in [0, 0.1) is 5.82 Å². The van der Waals surface area contributed by atoms with E-state index in [9.17, 15) is 4.39 Å². The molecule has 4 rings (SSSR count). The molecule has 1 aromatic carbocycles. The zero-order valence-corrected chi connectivity index (χ0v) is 15.1. The number of hydrogen-bond donors (Lipinski definition) is 1. The monoisotopic (exact) mass is 354 g/mol. The zero-order valence-electron chi connectivity index (χ0n) is 15.1. The van der Waals surface area contributed by atoms with E-state index in [-0.39, 0.29) is 5.82 Å². The van der Waals surface area contributed by atoms with Crippen LogP contribution in [0.5, 0.6) is 0 Å². The number of aromatic nitrogens is 4. The molecular weight excluding hydrogens is 331 g/mol. The van der Waals surface area contributed by atoms with Gasteiger partial charge in [0.05, 0.1) is 11.4 Å². The van der Waals surface area contributed by atoms with Gasteiger partial charge in [-0.05, 0) is 49.1 Å². The first-order valence-corrected chi connectivity index (χ1v) is 9.08. The van der Waals surface area contributed by atoms with Crippen LogP contribution in [0.15, 0.2) is 36.7 Å². The van der Waals surface area contributed by atoms with Gasteiger partial charge in [0.2, 0.25) is 5.65 Å². The molecule has 1 saturated heterocycles. The number of hydrogen-bond acceptors (Lipinski definition) is 5. The molecule has 136 valence electrons. The van der Waals surface area contributed by atoms with E-state index in [1.165, 1.54) is 12.1 Å². The number of nitrogens with zero attached hydrogens (tertiary/aromatic N) is 5. The Kier molecular flexibility index (Phi) is 4.44. The van der Waals surface area contributed by atoms with E-state index in [0.717, 1.165) is 48.6 Å². The van der Waals surface area contributed by atoms with Gasteiger partial charge in [0.1, 0.15) is 12.1 Å². The highest BCUT2D eigenvalue weighted by atomic mass is 19.1. The Hall–Kier alpha value is -2.70. The fraction of sp³-hybridized carbons (Fsp3) is 0.421. The van der Waals surface area contributed by atoms with Gasteiger partial charge >= 0.3 is 0 Å². The number of halogens is 1. The second-order valence-electron chi connectivity index (χ2n) is 7.12. The van der Waals surface area contributed by atoms with Crippen LogP contribution in [0.25, 0.3) is 5.65 Å². The molecule has 1 N–H and O–H groups in total. The SMILES string of the molecule is CC(C)c1cc(NC2CCN(c3ccc(F)cc3)CC2)c2nncn2n1. The van der Waals surface area contributed by atoms with Gasteiger partial charge in [-0.3, -0.25) is 0 Å². The summed E-state index contributed by atoms with van der Waals surface area (Å²) in [6.07, 6.45) is 3.66. The smallest absolute Gasteiger partial charge is 0.200 e. The maximum absolute atomic E-state index is 13.1. The van der Waals surface area contributed by atoms with Crippen molar-refractivity contribution in [1.29, 1.82) is 0 Å². The highest BCUT2D eigenvalue weighted by Crippen LogP contribution is 2.25. The lowest BCUT2D eigenvalue weighted by Crippen LogP contribution is -2.39. The zero-order chi connectivity index (χ0) is 18.1. The van der Waals surface area contributed by atoms with Gasteiger partial charge in [0, 0.05) is 24.8 Å². The van der Waals surface area contributed by atoms with Crippen molar-refractivity contribution in [3.05, 3.63) is 48.2 Å². The van der Waals surface area contributed by atoms with Gasteiger partial charge in [-0.1, -0.05) is 13.8 Å². The van der Waals surface area contributed by atoms with Gasteiger partial charge in [0.25, 0.3) is 0 Å². The molecule has 0 spiro atoms. The molecule has 2 aromatic heterocycles. The summed E-state index contributed by atoms with van der Waals surface area (Å²) in [4.78, 5) is 2.30. The number of nitrogens with one attached hydrogen (secondary N) is 1. The van der Waals surface area contributed by atoms with Gasteiger partial charge in [-0.15, -0.1) is 10.2 Å². The summed E-state index contributed by atoms with van der Waals surface area (Å²) in [7, 11) is 0. The molecule has 0 unspecified atom stereocenters. The molecule has 1 aliphatic rings. The lowest BCUT2D eigenvalue weighted by molar-refractivity contribution is 0.526. The van der Waals surface area contributed by atoms with E-state index >= 15 is 0 Å². The standard InChI is InChI=1S/C19H23FN6/c1-13(2)17-11-18(19-23-21-12-26(19)24-17)22-15-7-9-25(10-8-15)16-5-3-14(20)4-6-16/h3-6,11-13,15,22H,7-10H2,1-2H3. The van der Waals surface area contributed by atoms with Crippen LogP contribution < -0.4 is 10.2 Å². The lowest BCUT2D eigenvalue weighted by Gasteiger charge is -2.34. The van der Waals surface area contributed by atoms with Crippen molar-refractivity contribution in [2.24, 2.45) is 0 Å². The minimum absolute atomic E-state index is 0.193. The predicted molar refractivity (Wildman–Crippen MR) is 100 cm³/mol. The fourth-order valence-corrected chi connectivity index (χ4v) is 3.39. The second-order valence-corrected chi connectivity index (χ2v) is 7.12. The number of benzene rings is 1. The van der Waals surface area contributed by atoms with Crippen molar-refractivity contribution in [2.75, 3.05) is 23.3 Å². The minimum atomic E-state index is -0.193. The van der Waals surface area contributed by atoms with Crippen LogP contribution in [0.2, 0.25) is 0 Å². The van der Waals surface area contributed by atoms with Crippen LogP contribution in [-0.4, -0.2) is 38.9 Å². The molecule has 6 nitrogen and oxygen atoms in total. The summed E-state index contributed by atoms with van der Waals surface area (Å²) >= 11 is 0. The van der Waals surface area contributed by atoms with E-state index in [2.05, 4.69) is 45.4 Å². The molecular formula is C19H23FN6. The number of anilines is 2. The first-order valence-electron chi connectivity index (χ1n) is 9.08. The van der Waals surface area contributed by atoms with Crippen molar-refractivity contribution >= 4 is 17.0 Å². The summed E-state index contributed by atoms with van der Waals surface area (Å²) in [6, 6.07) is 9.19. The van der Waals surface area contributed by atoms with Crippen molar-refractivity contribution in [3.63, 3.8) is 0 Å². The third-order valence-corrected chi connectivity index (χ3v) is 4.92. The Labute approximate surface area is 152 Å². The Bertz CT molecular complexity index is 881. The number of fused-ring (bicyclic) bond motifs is 1. The molecule has 26 heavy (non-hydrogen) atoms. The Morgan fingerprint density at radius 3 is 2.58 bits per heavy atom. The maximum atomic E-state index is 13.1. The van der Waals surface area contributed by atoms with E-state index in [0.29, 0.717) is 12.0 Å². The molecule has 0 atom stereocenters. The van der Waals surface area contributed by atoms with Crippen LogP contribution >= 0.6 is 0 Å². The highest BCUT2D eigenvalue weighted by molar-refractivity contribution is 5.67. The van der Waals surface area contributed by atoms with Gasteiger partial charge in [-0.2, -0.15) is 9.61 Å². The van der Waals surface area contributed by atoms with Crippen LogP contribution in [0.1, 0.15) is 38.3 Å². The van der Waals surface area contributed by atoms with E-state index in [1.54, 1.807) is 10.8 Å². The maximum Gasteiger partial charge on any atom is 0.200 e. The van der Waals surface area contributed by atoms with E-state index in [1.807, 2.05) is 12.1 Å².